The molecule has 4 nitrogen and oxygen atoms in total. The number of aromatic amines is 2. The Bertz CT molecular complexity index is 1450. The van der Waals surface area contributed by atoms with Crippen LogP contribution in [0.15, 0.2) is 68.7 Å². The van der Waals surface area contributed by atoms with Crippen molar-refractivity contribution in [2.75, 3.05) is 0 Å². The molecule has 2 aromatic heterocycles. The first-order valence-corrected chi connectivity index (χ1v) is 8.61. The van der Waals surface area contributed by atoms with Crippen molar-refractivity contribution in [3.63, 3.8) is 0 Å². The second kappa shape index (κ2) is 5.04. The Kier molecular flexibility index (Phi) is 2.91. The predicted molar refractivity (Wildman–Crippen MR) is 105 cm³/mol. The lowest BCUT2D eigenvalue weighted by molar-refractivity contribution is 1.45. The van der Waals surface area contributed by atoms with Crippen LogP contribution in [0.2, 0.25) is 0 Å². The Labute approximate surface area is 149 Å². The molecule has 0 spiro atoms. The first-order chi connectivity index (χ1) is 12.1. The van der Waals surface area contributed by atoms with E-state index in [1.165, 1.54) is 0 Å². The maximum atomic E-state index is 12.9. The number of halogens is 1. The van der Waals surface area contributed by atoms with E-state index in [-0.39, 0.29) is 10.9 Å². The number of nitrogens with one attached hydrogen (secondary N) is 2. The number of H-pyrrole nitrogens is 2. The molecule has 0 bridgehead atoms. The van der Waals surface area contributed by atoms with Gasteiger partial charge in [0.1, 0.15) is 0 Å². The Hall–Kier alpha value is -2.92. The van der Waals surface area contributed by atoms with Gasteiger partial charge in [0.25, 0.3) is 0 Å². The summed E-state index contributed by atoms with van der Waals surface area (Å²) in [6.45, 7) is 0. The molecule has 5 rings (SSSR count). The minimum Gasteiger partial charge on any atom is -0.354 e. The van der Waals surface area contributed by atoms with Gasteiger partial charge in [-0.15, -0.1) is 0 Å². The average Bonchev–Trinajstić information content (AvgIpc) is 2.62. The van der Waals surface area contributed by atoms with E-state index in [4.69, 9.17) is 0 Å². The third kappa shape index (κ3) is 2.06. The van der Waals surface area contributed by atoms with Crippen molar-refractivity contribution >= 4 is 59.5 Å². The quantitative estimate of drug-likeness (QED) is 0.384. The molecule has 2 N–H and O–H groups in total. The van der Waals surface area contributed by atoms with Crippen LogP contribution in [0.25, 0.3) is 43.6 Å². The maximum Gasteiger partial charge on any atom is 0.197 e. The molecule has 0 radical (unpaired) electrons. The predicted octanol–water partition coefficient (Wildman–Crippen LogP) is 4.44. The lowest BCUT2D eigenvalue weighted by Gasteiger charge is -2.07. The summed E-state index contributed by atoms with van der Waals surface area (Å²) >= 11 is 3.41. The zero-order valence-corrected chi connectivity index (χ0v) is 14.5. The number of fused-ring (bicyclic) bond motifs is 4. The molecule has 25 heavy (non-hydrogen) atoms. The van der Waals surface area contributed by atoms with E-state index in [1.807, 2.05) is 30.3 Å². The number of hydrogen-bond acceptors (Lipinski definition) is 2. The zero-order chi connectivity index (χ0) is 17.1. The van der Waals surface area contributed by atoms with Crippen molar-refractivity contribution in [3.05, 3.63) is 79.5 Å². The van der Waals surface area contributed by atoms with Gasteiger partial charge in [-0.05, 0) is 42.5 Å². The monoisotopic (exact) mass is 390 g/mol. The van der Waals surface area contributed by atoms with Gasteiger partial charge >= 0.3 is 0 Å². The maximum absolute atomic E-state index is 12.9. The first kappa shape index (κ1) is 14.4. The summed E-state index contributed by atoms with van der Waals surface area (Å²) in [6, 6.07) is 16.5. The van der Waals surface area contributed by atoms with Crippen LogP contribution in [-0.2, 0) is 0 Å². The molecule has 0 amide bonds. The fraction of sp³-hybridized carbons (Fsp3) is 0. The summed E-state index contributed by atoms with van der Waals surface area (Å²) in [7, 11) is 0. The molecule has 0 aliphatic heterocycles. The normalized spacial score (nSPS) is 11.7. The summed E-state index contributed by atoms with van der Waals surface area (Å²) in [5.74, 6) is 0. The van der Waals surface area contributed by atoms with Gasteiger partial charge in [-0.25, -0.2) is 0 Å². The molecule has 5 heteroatoms. The largest absolute Gasteiger partial charge is 0.354 e. The van der Waals surface area contributed by atoms with Gasteiger partial charge in [-0.3, -0.25) is 9.59 Å². The third-order valence-electron chi connectivity index (χ3n) is 4.58. The fourth-order valence-corrected chi connectivity index (χ4v) is 3.73. The summed E-state index contributed by atoms with van der Waals surface area (Å²) in [6.07, 6.45) is 0. The van der Waals surface area contributed by atoms with Crippen LogP contribution in [0.3, 0.4) is 0 Å². The molecule has 5 aromatic rings. The lowest BCUT2D eigenvalue weighted by Crippen LogP contribution is -2.08. The van der Waals surface area contributed by atoms with Crippen LogP contribution in [0.1, 0.15) is 0 Å². The van der Waals surface area contributed by atoms with Crippen LogP contribution in [0.4, 0.5) is 0 Å². The number of rotatable bonds is 0. The molecule has 0 atom stereocenters. The highest BCUT2D eigenvalue weighted by Crippen LogP contribution is 2.22. The summed E-state index contributed by atoms with van der Waals surface area (Å²) in [5, 5.41) is 2.38. The molecule has 3 aromatic carbocycles. The molecular formula is C20H11BrN2O2. The zero-order valence-electron chi connectivity index (χ0n) is 12.9. The number of para-hydroxylation sites is 1. The lowest BCUT2D eigenvalue weighted by atomic mass is 10.1. The van der Waals surface area contributed by atoms with Crippen LogP contribution in [0.5, 0.6) is 0 Å². The van der Waals surface area contributed by atoms with E-state index in [9.17, 15) is 9.59 Å². The van der Waals surface area contributed by atoms with Gasteiger partial charge in [-0.2, -0.15) is 0 Å². The second-order valence-corrected chi connectivity index (χ2v) is 7.00. The molecule has 0 saturated carbocycles. The summed E-state index contributed by atoms with van der Waals surface area (Å²) < 4.78 is 0.852. The van der Waals surface area contributed by atoms with E-state index in [1.54, 1.807) is 24.3 Å². The number of benzene rings is 3. The minimum absolute atomic E-state index is 0.0389. The smallest absolute Gasteiger partial charge is 0.197 e. The molecular weight excluding hydrogens is 380 g/mol. The topological polar surface area (TPSA) is 65.7 Å². The van der Waals surface area contributed by atoms with E-state index in [0.29, 0.717) is 32.6 Å². The van der Waals surface area contributed by atoms with Crippen molar-refractivity contribution < 1.29 is 0 Å². The summed E-state index contributed by atoms with van der Waals surface area (Å²) in [5.41, 5.74) is 2.74. The Morgan fingerprint density at radius 3 is 1.88 bits per heavy atom. The number of aromatic nitrogens is 2. The van der Waals surface area contributed by atoms with Crippen molar-refractivity contribution in [3.8, 4) is 0 Å². The van der Waals surface area contributed by atoms with Crippen molar-refractivity contribution in [2.45, 2.75) is 0 Å². The molecule has 120 valence electrons. The van der Waals surface area contributed by atoms with E-state index >= 15 is 0 Å². The van der Waals surface area contributed by atoms with Gasteiger partial charge in [0.15, 0.2) is 10.9 Å². The SMILES string of the molecule is O=c1c2ccccc2[nH]c2cc3c(=O)c4cc(Br)ccc4[nH]c3cc12. The van der Waals surface area contributed by atoms with Gasteiger partial charge < -0.3 is 9.97 Å². The Morgan fingerprint density at radius 2 is 1.16 bits per heavy atom. The van der Waals surface area contributed by atoms with Gasteiger partial charge in [0.2, 0.25) is 0 Å². The number of pyridine rings is 2. The third-order valence-corrected chi connectivity index (χ3v) is 5.08. The van der Waals surface area contributed by atoms with Gasteiger partial charge in [0, 0.05) is 37.1 Å². The Morgan fingerprint density at radius 1 is 0.600 bits per heavy atom. The first-order valence-electron chi connectivity index (χ1n) is 7.82. The van der Waals surface area contributed by atoms with Gasteiger partial charge in [0.05, 0.1) is 11.0 Å². The molecule has 2 heterocycles. The average molecular weight is 391 g/mol. The van der Waals surface area contributed by atoms with Crippen LogP contribution < -0.4 is 10.9 Å². The molecule has 0 unspecified atom stereocenters. The minimum atomic E-state index is -0.0547. The van der Waals surface area contributed by atoms with E-state index < -0.39 is 0 Å². The van der Waals surface area contributed by atoms with Crippen LogP contribution in [0, 0.1) is 0 Å². The highest BCUT2D eigenvalue weighted by atomic mass is 79.9. The van der Waals surface area contributed by atoms with Crippen LogP contribution in [-0.4, -0.2) is 9.97 Å². The molecule has 0 saturated heterocycles. The van der Waals surface area contributed by atoms with Crippen molar-refractivity contribution in [2.24, 2.45) is 0 Å². The molecule has 0 fully saturated rings. The highest BCUT2D eigenvalue weighted by molar-refractivity contribution is 9.10. The van der Waals surface area contributed by atoms with E-state index in [2.05, 4.69) is 25.9 Å². The summed E-state index contributed by atoms with van der Waals surface area (Å²) in [4.78, 5) is 32.2. The second-order valence-electron chi connectivity index (χ2n) is 6.09. The molecule has 0 aliphatic carbocycles. The van der Waals surface area contributed by atoms with Gasteiger partial charge in [-0.1, -0.05) is 28.1 Å². The van der Waals surface area contributed by atoms with E-state index in [0.717, 1.165) is 15.5 Å². The standard InChI is InChI=1S/C20H11BrN2O2/c21-10-5-6-16-12(7-10)20(25)14-9-17-13(8-18(14)23-16)19(24)11-3-1-2-4-15(11)22-17/h1-9H,(H,22,24)(H,23,25). The Balaban J connectivity index is 2.02. The fourth-order valence-electron chi connectivity index (χ4n) is 3.37. The van der Waals surface area contributed by atoms with Crippen LogP contribution >= 0.6 is 15.9 Å². The highest BCUT2D eigenvalue weighted by Gasteiger charge is 2.11. The molecule has 0 aliphatic rings. The van der Waals surface area contributed by atoms with Crippen molar-refractivity contribution in [1.29, 1.82) is 0 Å². The number of hydrogen-bond donors (Lipinski definition) is 2. The van der Waals surface area contributed by atoms with Crippen molar-refractivity contribution in [1.82, 2.24) is 9.97 Å².